The Balaban J connectivity index is 2.31. The molecule has 10 heavy (non-hydrogen) atoms. The lowest BCUT2D eigenvalue weighted by Crippen LogP contribution is -2.22. The van der Waals surface area contributed by atoms with Gasteiger partial charge in [0.05, 0.1) is 0 Å². The van der Waals surface area contributed by atoms with E-state index in [1.54, 1.807) is 0 Å². The van der Waals surface area contributed by atoms with Crippen molar-refractivity contribution in [2.75, 3.05) is 0 Å². The van der Waals surface area contributed by atoms with E-state index >= 15 is 0 Å². The maximum Gasteiger partial charge on any atom is 0.523 e. The molecule has 0 aromatic carbocycles. The Labute approximate surface area is 59.6 Å². The Kier molecular flexibility index (Phi) is 2.20. The van der Waals surface area contributed by atoms with Crippen LogP contribution < -0.4 is 0 Å². The van der Waals surface area contributed by atoms with Crippen LogP contribution in [0.25, 0.3) is 0 Å². The Morgan fingerprint density at radius 2 is 2.30 bits per heavy atom. The van der Waals surface area contributed by atoms with Gasteiger partial charge in [-0.25, -0.2) is 4.40 Å². The first-order valence-corrected chi connectivity index (χ1v) is 3.05. The van der Waals surface area contributed by atoms with Crippen molar-refractivity contribution in [3.63, 3.8) is 0 Å². The summed E-state index contributed by atoms with van der Waals surface area (Å²) in [5, 5.41) is 0. The molecule has 2 nitrogen and oxygen atoms in total. The molecular weight excluding hydrogens is 167 g/mol. The zero-order chi connectivity index (χ0) is 7.61. The molecule has 1 unspecified atom stereocenters. The van der Waals surface area contributed by atoms with Crippen molar-refractivity contribution in [1.82, 2.24) is 0 Å². The predicted octanol–water partition coefficient (Wildman–Crippen LogP) is 1.66. The molecule has 0 fully saturated rings. The van der Waals surface area contributed by atoms with Crippen molar-refractivity contribution in [3.05, 3.63) is 5.75 Å². The van der Waals surface area contributed by atoms with Crippen molar-refractivity contribution in [2.45, 2.75) is 12.5 Å². The number of nitrogens with zero attached hydrogens (tertiary/aromatic N) is 1. The van der Waals surface area contributed by atoms with Crippen LogP contribution in [0.5, 0.6) is 0 Å². The topological polar surface area (TPSA) is 21.6 Å². The van der Waals surface area contributed by atoms with Gasteiger partial charge in [0.15, 0.2) is 0 Å². The van der Waals surface area contributed by atoms with Crippen LogP contribution in [0.2, 0.25) is 0 Å². The van der Waals surface area contributed by atoms with Crippen molar-refractivity contribution >= 4 is 18.2 Å². The van der Waals surface area contributed by atoms with Gasteiger partial charge in [0.25, 0.3) is 0 Å². The summed E-state index contributed by atoms with van der Waals surface area (Å²) in [5.74, 6) is 2.27. The average molecular weight is 169 g/mol. The van der Waals surface area contributed by atoms with Gasteiger partial charge >= 0.3 is 6.36 Å². The maximum absolute atomic E-state index is 11.4. The number of alkyl halides is 3. The van der Waals surface area contributed by atoms with Gasteiger partial charge < -0.3 is 0 Å². The van der Waals surface area contributed by atoms with E-state index in [4.69, 9.17) is 0 Å². The molecule has 0 aromatic rings. The lowest BCUT2D eigenvalue weighted by atomic mass is 10.4. The fourth-order valence-electron chi connectivity index (χ4n) is 0.397. The first-order valence-electron chi connectivity index (χ1n) is 2.27. The Morgan fingerprint density at radius 3 is 2.70 bits per heavy atom. The first kappa shape index (κ1) is 7.87. The average Bonchev–Trinajstić information content (AvgIpc) is 2.12. The minimum Gasteiger partial charge on any atom is -0.281 e. The van der Waals surface area contributed by atoms with E-state index in [1.165, 1.54) is 0 Å². The van der Waals surface area contributed by atoms with Gasteiger partial charge in [-0.05, 0) is 11.9 Å². The highest BCUT2D eigenvalue weighted by atomic mass is 32.2. The third-order valence-corrected chi connectivity index (χ3v) is 1.24. The molecule has 2 radical (unpaired) electrons. The van der Waals surface area contributed by atoms with Crippen molar-refractivity contribution in [3.8, 4) is 0 Å². The lowest BCUT2D eigenvalue weighted by molar-refractivity contribution is -0.328. The van der Waals surface area contributed by atoms with E-state index in [0.29, 0.717) is 0 Å². The van der Waals surface area contributed by atoms with E-state index in [0.717, 1.165) is 18.2 Å². The fourth-order valence-corrected chi connectivity index (χ4v) is 0.842. The van der Waals surface area contributed by atoms with Crippen molar-refractivity contribution in [1.29, 1.82) is 0 Å². The SMILES string of the molecule is FC(F)(F)OC1[C]SN=C1. The standard InChI is InChI=1S/C4H2F3NOS/c5-4(6,7)9-3-1-8-10-2-3/h1,3H. The number of hydrogen-bond donors (Lipinski definition) is 0. The largest absolute Gasteiger partial charge is 0.523 e. The van der Waals surface area contributed by atoms with Crippen LogP contribution in [-0.4, -0.2) is 18.7 Å². The minimum atomic E-state index is -4.60. The normalized spacial score (nSPS) is 25.7. The third-order valence-electron chi connectivity index (χ3n) is 0.678. The molecule has 0 spiro atoms. The smallest absolute Gasteiger partial charge is 0.281 e. The van der Waals surface area contributed by atoms with Gasteiger partial charge in [0, 0.05) is 6.21 Å². The molecule has 6 heteroatoms. The highest BCUT2D eigenvalue weighted by molar-refractivity contribution is 8.00. The molecular formula is C4H2F3NOS. The Bertz CT molecular complexity index is 146. The molecule has 1 rings (SSSR count). The Morgan fingerprint density at radius 1 is 1.60 bits per heavy atom. The van der Waals surface area contributed by atoms with Crippen LogP contribution in [0.1, 0.15) is 0 Å². The molecule has 56 valence electrons. The first-order chi connectivity index (χ1) is 4.58. The van der Waals surface area contributed by atoms with Gasteiger partial charge in [-0.2, -0.15) is 0 Å². The predicted molar refractivity (Wildman–Crippen MR) is 30.3 cm³/mol. The number of ether oxygens (including phenoxy) is 1. The summed E-state index contributed by atoms with van der Waals surface area (Å²) in [6.07, 6.45) is -4.71. The summed E-state index contributed by atoms with van der Waals surface area (Å²) in [7, 11) is 0. The van der Waals surface area contributed by atoms with Gasteiger partial charge in [-0.15, -0.1) is 13.2 Å². The van der Waals surface area contributed by atoms with Gasteiger partial charge in [0.1, 0.15) is 11.9 Å². The lowest BCUT2D eigenvalue weighted by Gasteiger charge is -2.08. The highest BCUT2D eigenvalue weighted by Crippen LogP contribution is 2.25. The second-order valence-corrected chi connectivity index (χ2v) is 2.08. The molecule has 0 aliphatic carbocycles. The zero-order valence-corrected chi connectivity index (χ0v) is 5.37. The molecule has 0 N–H and O–H groups in total. The highest BCUT2D eigenvalue weighted by Gasteiger charge is 2.34. The molecule has 0 bridgehead atoms. The zero-order valence-electron chi connectivity index (χ0n) is 4.55. The van der Waals surface area contributed by atoms with Crippen molar-refractivity contribution < 1.29 is 17.9 Å². The number of rotatable bonds is 1. The van der Waals surface area contributed by atoms with Gasteiger partial charge in [-0.1, -0.05) is 0 Å². The summed E-state index contributed by atoms with van der Waals surface area (Å²) in [5.41, 5.74) is 0. The summed E-state index contributed by atoms with van der Waals surface area (Å²) in [6, 6.07) is 0. The maximum atomic E-state index is 11.4. The van der Waals surface area contributed by atoms with Crippen LogP contribution in [0.3, 0.4) is 0 Å². The van der Waals surface area contributed by atoms with E-state index in [9.17, 15) is 13.2 Å². The third kappa shape index (κ3) is 2.57. The molecule has 0 saturated carbocycles. The Hall–Kier alpha value is -0.230. The summed E-state index contributed by atoms with van der Waals surface area (Å²) in [4.78, 5) is 0. The fraction of sp³-hybridized carbons (Fsp3) is 0.500. The van der Waals surface area contributed by atoms with Gasteiger partial charge in [-0.3, -0.25) is 4.74 Å². The van der Waals surface area contributed by atoms with E-state index < -0.39 is 12.5 Å². The second kappa shape index (κ2) is 2.79. The van der Waals surface area contributed by atoms with Crippen LogP contribution in [0.15, 0.2) is 4.40 Å². The minimum absolute atomic E-state index is 0.817. The van der Waals surface area contributed by atoms with Crippen molar-refractivity contribution in [2.24, 2.45) is 4.40 Å². The second-order valence-electron chi connectivity index (χ2n) is 1.45. The molecule has 0 amide bonds. The molecule has 0 saturated heterocycles. The molecule has 1 heterocycles. The summed E-state index contributed by atoms with van der Waals surface area (Å²) >= 11 is 0.817. The van der Waals surface area contributed by atoms with Crippen LogP contribution in [0.4, 0.5) is 13.2 Å². The monoisotopic (exact) mass is 169 g/mol. The summed E-state index contributed by atoms with van der Waals surface area (Å²) < 4.78 is 41.0. The molecule has 0 aromatic heterocycles. The molecule has 1 atom stereocenters. The van der Waals surface area contributed by atoms with Crippen LogP contribution >= 0.6 is 11.9 Å². The van der Waals surface area contributed by atoms with E-state index in [1.807, 2.05) is 0 Å². The van der Waals surface area contributed by atoms with E-state index in [2.05, 4.69) is 14.9 Å². The van der Waals surface area contributed by atoms with Gasteiger partial charge in [0.2, 0.25) is 0 Å². The van der Waals surface area contributed by atoms with E-state index in [-0.39, 0.29) is 0 Å². The van der Waals surface area contributed by atoms with Crippen LogP contribution in [0, 0.1) is 5.75 Å². The number of halogens is 3. The van der Waals surface area contributed by atoms with Crippen LogP contribution in [-0.2, 0) is 4.74 Å². The summed E-state index contributed by atoms with van der Waals surface area (Å²) in [6.45, 7) is 0. The number of hydrogen-bond acceptors (Lipinski definition) is 3. The molecule has 1 aliphatic heterocycles. The molecule has 1 aliphatic rings. The quantitative estimate of drug-likeness (QED) is 0.557.